The summed E-state index contributed by atoms with van der Waals surface area (Å²) in [6.45, 7) is 0. The van der Waals surface area contributed by atoms with E-state index in [2.05, 4.69) is 0 Å². The molecule has 0 saturated carbocycles. The molecule has 0 saturated heterocycles. The van der Waals surface area contributed by atoms with Gasteiger partial charge in [-0.3, -0.25) is 4.79 Å². The van der Waals surface area contributed by atoms with Gasteiger partial charge < -0.3 is 4.74 Å². The van der Waals surface area contributed by atoms with E-state index in [-0.39, 0.29) is 0 Å². The number of carbonyl (C=O) groups excluding carboxylic acids is 1. The smallest absolute Gasteiger partial charge is 0.150 e. The first-order chi connectivity index (χ1) is 5.81. The second kappa shape index (κ2) is 3.54. The van der Waals surface area contributed by atoms with Crippen LogP contribution in [0.1, 0.15) is 15.9 Å². The summed E-state index contributed by atoms with van der Waals surface area (Å²) >= 11 is 0. The average molecular weight is 161 g/mol. The highest BCUT2D eigenvalue weighted by molar-refractivity contribution is 5.76. The summed E-state index contributed by atoms with van der Waals surface area (Å²) < 4.78 is 4.90. The minimum Gasteiger partial charge on any atom is -0.495 e. The molecule has 0 fully saturated rings. The Labute approximate surface area is 70.2 Å². The third kappa shape index (κ3) is 1.43. The Balaban J connectivity index is 3.21. The molecule has 12 heavy (non-hydrogen) atoms. The van der Waals surface area contributed by atoms with Gasteiger partial charge in [0.2, 0.25) is 0 Å². The predicted octanol–water partition coefficient (Wildman–Crippen LogP) is 1.38. The molecule has 0 heterocycles. The SMILES string of the molecule is COc1cc(C=O)ccc1C#N. The summed E-state index contributed by atoms with van der Waals surface area (Å²) in [6, 6.07) is 6.63. The molecule has 0 aliphatic rings. The van der Waals surface area contributed by atoms with Gasteiger partial charge >= 0.3 is 0 Å². The van der Waals surface area contributed by atoms with Crippen LogP contribution in [-0.4, -0.2) is 13.4 Å². The lowest BCUT2D eigenvalue weighted by molar-refractivity contribution is 0.112. The van der Waals surface area contributed by atoms with Crippen LogP contribution in [0, 0.1) is 11.3 Å². The van der Waals surface area contributed by atoms with E-state index < -0.39 is 0 Å². The number of rotatable bonds is 2. The van der Waals surface area contributed by atoms with Gasteiger partial charge in [-0.15, -0.1) is 0 Å². The molecule has 1 aromatic carbocycles. The molecule has 0 amide bonds. The lowest BCUT2D eigenvalue weighted by atomic mass is 10.1. The van der Waals surface area contributed by atoms with Gasteiger partial charge in [0.25, 0.3) is 0 Å². The number of methoxy groups -OCH3 is 1. The number of hydrogen-bond acceptors (Lipinski definition) is 3. The monoisotopic (exact) mass is 161 g/mol. The Morgan fingerprint density at radius 3 is 2.83 bits per heavy atom. The number of nitrogens with zero attached hydrogens (tertiary/aromatic N) is 1. The zero-order chi connectivity index (χ0) is 8.97. The molecule has 3 heteroatoms. The second-order valence-electron chi connectivity index (χ2n) is 2.19. The second-order valence-corrected chi connectivity index (χ2v) is 2.19. The normalized spacial score (nSPS) is 8.67. The molecule has 1 aromatic rings. The molecule has 0 aromatic heterocycles. The average Bonchev–Trinajstić information content (AvgIpc) is 2.16. The summed E-state index contributed by atoms with van der Waals surface area (Å²) in [7, 11) is 1.46. The van der Waals surface area contributed by atoms with E-state index in [1.807, 2.05) is 6.07 Å². The number of hydrogen-bond donors (Lipinski definition) is 0. The van der Waals surface area contributed by atoms with Crippen molar-refractivity contribution in [3.05, 3.63) is 29.3 Å². The summed E-state index contributed by atoms with van der Waals surface area (Å²) in [5.41, 5.74) is 0.939. The van der Waals surface area contributed by atoms with Crippen molar-refractivity contribution in [3.8, 4) is 11.8 Å². The Morgan fingerprint density at radius 2 is 2.33 bits per heavy atom. The lowest BCUT2D eigenvalue weighted by Crippen LogP contribution is -1.89. The number of carbonyl (C=O) groups is 1. The summed E-state index contributed by atoms with van der Waals surface area (Å²) in [5, 5.41) is 8.59. The molecule has 0 atom stereocenters. The van der Waals surface area contributed by atoms with Crippen molar-refractivity contribution < 1.29 is 9.53 Å². The third-order valence-electron chi connectivity index (χ3n) is 1.48. The zero-order valence-electron chi connectivity index (χ0n) is 6.57. The van der Waals surface area contributed by atoms with Crippen LogP contribution in [0.15, 0.2) is 18.2 Å². The van der Waals surface area contributed by atoms with Crippen LogP contribution in [0.5, 0.6) is 5.75 Å². The Hall–Kier alpha value is -1.82. The number of benzene rings is 1. The molecule has 0 spiro atoms. The fourth-order valence-corrected chi connectivity index (χ4v) is 0.873. The molecular weight excluding hydrogens is 154 g/mol. The van der Waals surface area contributed by atoms with Gasteiger partial charge in [0, 0.05) is 5.56 Å². The quantitative estimate of drug-likeness (QED) is 0.615. The van der Waals surface area contributed by atoms with Gasteiger partial charge in [-0.1, -0.05) is 6.07 Å². The summed E-state index contributed by atoms with van der Waals surface area (Å²) in [4.78, 5) is 10.3. The number of ether oxygens (including phenoxy) is 1. The highest BCUT2D eigenvalue weighted by Crippen LogP contribution is 2.17. The molecule has 0 aliphatic carbocycles. The van der Waals surface area contributed by atoms with Crippen LogP contribution in [0.3, 0.4) is 0 Å². The van der Waals surface area contributed by atoms with Crippen LogP contribution >= 0.6 is 0 Å². The Bertz CT molecular complexity index is 339. The lowest BCUT2D eigenvalue weighted by Gasteiger charge is -2.01. The molecule has 60 valence electrons. The summed E-state index contributed by atoms with van der Waals surface area (Å²) in [6.07, 6.45) is 0.712. The standard InChI is InChI=1S/C9H7NO2/c1-12-9-4-7(6-11)2-3-8(9)5-10/h2-4,6H,1H3. The van der Waals surface area contributed by atoms with Gasteiger partial charge in [0.1, 0.15) is 18.1 Å². The van der Waals surface area contributed by atoms with Crippen molar-refractivity contribution >= 4 is 6.29 Å². The van der Waals surface area contributed by atoms with Crippen molar-refractivity contribution in [2.24, 2.45) is 0 Å². The van der Waals surface area contributed by atoms with Crippen molar-refractivity contribution in [2.45, 2.75) is 0 Å². The minimum absolute atomic E-state index is 0.433. The molecule has 0 aliphatic heterocycles. The third-order valence-corrected chi connectivity index (χ3v) is 1.48. The van der Waals surface area contributed by atoms with E-state index >= 15 is 0 Å². The van der Waals surface area contributed by atoms with E-state index in [4.69, 9.17) is 10.00 Å². The van der Waals surface area contributed by atoms with Gasteiger partial charge in [-0.25, -0.2) is 0 Å². The van der Waals surface area contributed by atoms with Crippen molar-refractivity contribution in [1.29, 1.82) is 5.26 Å². The molecule has 0 unspecified atom stereocenters. The highest BCUT2D eigenvalue weighted by Gasteiger charge is 2.01. The van der Waals surface area contributed by atoms with E-state index in [0.29, 0.717) is 23.2 Å². The van der Waals surface area contributed by atoms with Crippen molar-refractivity contribution in [1.82, 2.24) is 0 Å². The fraction of sp³-hybridized carbons (Fsp3) is 0.111. The first-order valence-electron chi connectivity index (χ1n) is 3.35. The van der Waals surface area contributed by atoms with Gasteiger partial charge in [-0.05, 0) is 12.1 Å². The molecule has 1 rings (SSSR count). The van der Waals surface area contributed by atoms with E-state index in [9.17, 15) is 4.79 Å². The maximum atomic E-state index is 10.3. The maximum absolute atomic E-state index is 10.3. The zero-order valence-corrected chi connectivity index (χ0v) is 6.57. The molecule has 0 bridgehead atoms. The Kier molecular flexibility index (Phi) is 2.44. The number of nitriles is 1. The van der Waals surface area contributed by atoms with Gasteiger partial charge in [0.15, 0.2) is 0 Å². The van der Waals surface area contributed by atoms with Gasteiger partial charge in [-0.2, -0.15) is 5.26 Å². The molecular formula is C9H7NO2. The first kappa shape index (κ1) is 8.28. The predicted molar refractivity (Wildman–Crippen MR) is 43.1 cm³/mol. The largest absolute Gasteiger partial charge is 0.495 e. The first-order valence-corrected chi connectivity index (χ1v) is 3.35. The van der Waals surface area contributed by atoms with E-state index in [1.165, 1.54) is 13.2 Å². The fourth-order valence-electron chi connectivity index (χ4n) is 0.873. The van der Waals surface area contributed by atoms with Crippen LogP contribution in [0.2, 0.25) is 0 Å². The minimum atomic E-state index is 0.433. The molecule has 0 radical (unpaired) electrons. The van der Waals surface area contributed by atoms with Crippen LogP contribution in [0.4, 0.5) is 0 Å². The van der Waals surface area contributed by atoms with Crippen molar-refractivity contribution in [3.63, 3.8) is 0 Å². The highest BCUT2D eigenvalue weighted by atomic mass is 16.5. The van der Waals surface area contributed by atoms with Gasteiger partial charge in [0.05, 0.1) is 12.7 Å². The van der Waals surface area contributed by atoms with E-state index in [1.54, 1.807) is 12.1 Å². The summed E-state index contributed by atoms with van der Waals surface area (Å²) in [5.74, 6) is 0.433. The molecule has 0 N–H and O–H groups in total. The number of aldehydes is 1. The van der Waals surface area contributed by atoms with Crippen LogP contribution < -0.4 is 4.74 Å². The van der Waals surface area contributed by atoms with Crippen LogP contribution in [-0.2, 0) is 0 Å². The van der Waals surface area contributed by atoms with Crippen molar-refractivity contribution in [2.75, 3.05) is 7.11 Å². The maximum Gasteiger partial charge on any atom is 0.150 e. The topological polar surface area (TPSA) is 50.1 Å². The van der Waals surface area contributed by atoms with Crippen LogP contribution in [0.25, 0.3) is 0 Å². The molecule has 3 nitrogen and oxygen atoms in total. The van der Waals surface area contributed by atoms with E-state index in [0.717, 1.165) is 0 Å². The Morgan fingerprint density at radius 1 is 1.58 bits per heavy atom.